The number of rotatable bonds is 7. The van der Waals surface area contributed by atoms with Crippen LogP contribution in [-0.4, -0.2) is 34.3 Å². The molecule has 2 aromatic carbocycles. The van der Waals surface area contributed by atoms with Gasteiger partial charge in [-0.15, -0.1) is 0 Å². The van der Waals surface area contributed by atoms with Gasteiger partial charge in [0.2, 0.25) is 0 Å². The molecule has 0 N–H and O–H groups in total. The van der Waals surface area contributed by atoms with Gasteiger partial charge < -0.3 is 9.64 Å². The van der Waals surface area contributed by atoms with Crippen LogP contribution in [-0.2, 0) is 16.1 Å². The van der Waals surface area contributed by atoms with Crippen LogP contribution in [0.1, 0.15) is 29.8 Å². The molecule has 8 heteroatoms. The molecule has 0 saturated carbocycles. The number of hydrogen-bond acceptors (Lipinski definition) is 5. The summed E-state index contributed by atoms with van der Waals surface area (Å²) in [6.45, 7) is 3.62. The molecule has 0 aliphatic heterocycles. The van der Waals surface area contributed by atoms with Crippen LogP contribution in [0.5, 0.6) is 0 Å². The quantitative estimate of drug-likeness (QED) is 0.407. The van der Waals surface area contributed by atoms with E-state index < -0.39 is 17.5 Å². The summed E-state index contributed by atoms with van der Waals surface area (Å²) in [4.78, 5) is 36.5. The number of carbonyl (C=O) groups excluding carboxylic acids is 2. The van der Waals surface area contributed by atoms with Gasteiger partial charge in [0.05, 0.1) is 15.5 Å². The van der Waals surface area contributed by atoms with E-state index in [1.165, 1.54) is 12.1 Å². The van der Waals surface area contributed by atoms with Crippen LogP contribution in [0, 0.1) is 10.1 Å². The van der Waals surface area contributed by atoms with Crippen molar-refractivity contribution in [1.29, 1.82) is 0 Å². The number of hydrogen-bond donors (Lipinski definition) is 0. The van der Waals surface area contributed by atoms with E-state index in [9.17, 15) is 19.7 Å². The zero-order valence-electron chi connectivity index (χ0n) is 14.9. The molecule has 0 unspecified atom stereocenters. The molecule has 0 aliphatic rings. The minimum atomic E-state index is -0.888. The molecule has 0 atom stereocenters. The SMILES string of the molecule is CC(C)N(Cc1ccccc1)C(=O)COC(=O)c1cc([N+](=O)[O-])ccc1Cl. The second kappa shape index (κ2) is 9.14. The molecule has 27 heavy (non-hydrogen) atoms. The third kappa shape index (κ3) is 5.52. The fourth-order valence-electron chi connectivity index (χ4n) is 2.41. The minimum absolute atomic E-state index is 0.0167. The number of carbonyl (C=O) groups is 2. The Hall–Kier alpha value is -2.93. The highest BCUT2D eigenvalue weighted by Crippen LogP contribution is 2.23. The second-order valence-corrected chi connectivity index (χ2v) is 6.51. The van der Waals surface area contributed by atoms with Crippen molar-refractivity contribution >= 4 is 29.2 Å². The van der Waals surface area contributed by atoms with E-state index in [0.29, 0.717) is 6.54 Å². The third-order valence-corrected chi connectivity index (χ3v) is 4.18. The molecular weight excluding hydrogens is 372 g/mol. The highest BCUT2D eigenvalue weighted by Gasteiger charge is 2.21. The molecule has 0 spiro atoms. The van der Waals surface area contributed by atoms with Gasteiger partial charge in [-0.2, -0.15) is 0 Å². The predicted octanol–water partition coefficient (Wildman–Crippen LogP) is 3.84. The fourth-order valence-corrected chi connectivity index (χ4v) is 2.60. The molecule has 0 aliphatic carbocycles. The van der Waals surface area contributed by atoms with Crippen LogP contribution >= 0.6 is 11.6 Å². The van der Waals surface area contributed by atoms with E-state index in [1.807, 2.05) is 44.2 Å². The van der Waals surface area contributed by atoms with Gasteiger partial charge in [-0.05, 0) is 25.5 Å². The monoisotopic (exact) mass is 390 g/mol. The lowest BCUT2D eigenvalue weighted by Crippen LogP contribution is -2.39. The average Bonchev–Trinajstić information content (AvgIpc) is 2.64. The maximum Gasteiger partial charge on any atom is 0.340 e. The Morgan fingerprint density at radius 2 is 1.85 bits per heavy atom. The number of benzene rings is 2. The Balaban J connectivity index is 2.05. The Bertz CT molecular complexity index is 839. The number of nitro groups is 1. The van der Waals surface area contributed by atoms with Crippen molar-refractivity contribution in [3.8, 4) is 0 Å². The molecular formula is C19H19ClN2O5. The van der Waals surface area contributed by atoms with E-state index in [2.05, 4.69) is 0 Å². The standard InChI is InChI=1S/C19H19ClN2O5/c1-13(2)21(11-14-6-4-3-5-7-14)18(23)12-27-19(24)16-10-15(22(25)26)8-9-17(16)20/h3-10,13H,11-12H2,1-2H3. The number of ether oxygens (including phenoxy) is 1. The van der Waals surface area contributed by atoms with Crippen molar-refractivity contribution in [3.63, 3.8) is 0 Å². The molecule has 2 aromatic rings. The summed E-state index contributed by atoms with van der Waals surface area (Å²) in [6.07, 6.45) is 0. The minimum Gasteiger partial charge on any atom is -0.452 e. The second-order valence-electron chi connectivity index (χ2n) is 6.10. The first kappa shape index (κ1) is 20.4. The van der Waals surface area contributed by atoms with Gasteiger partial charge in [0.1, 0.15) is 0 Å². The van der Waals surface area contributed by atoms with Crippen LogP contribution in [0.2, 0.25) is 5.02 Å². The summed E-state index contributed by atoms with van der Waals surface area (Å²) >= 11 is 5.91. The van der Waals surface area contributed by atoms with Crippen LogP contribution in [0.4, 0.5) is 5.69 Å². The van der Waals surface area contributed by atoms with Gasteiger partial charge >= 0.3 is 5.97 Å². The average molecular weight is 391 g/mol. The van der Waals surface area contributed by atoms with Gasteiger partial charge in [-0.1, -0.05) is 41.9 Å². The van der Waals surface area contributed by atoms with Crippen molar-refractivity contribution in [1.82, 2.24) is 4.90 Å². The van der Waals surface area contributed by atoms with E-state index in [-0.39, 0.29) is 28.2 Å². The number of halogens is 1. The number of esters is 1. The van der Waals surface area contributed by atoms with Crippen molar-refractivity contribution in [3.05, 3.63) is 74.8 Å². The lowest BCUT2D eigenvalue weighted by atomic mass is 10.2. The molecule has 0 bridgehead atoms. The highest BCUT2D eigenvalue weighted by molar-refractivity contribution is 6.33. The van der Waals surface area contributed by atoms with Gasteiger partial charge in [-0.25, -0.2) is 4.79 Å². The maximum absolute atomic E-state index is 12.5. The third-order valence-electron chi connectivity index (χ3n) is 3.85. The van der Waals surface area contributed by atoms with Crippen LogP contribution in [0.25, 0.3) is 0 Å². The molecule has 2 rings (SSSR count). The smallest absolute Gasteiger partial charge is 0.340 e. The van der Waals surface area contributed by atoms with Crippen LogP contribution < -0.4 is 0 Å². The van der Waals surface area contributed by atoms with Crippen LogP contribution in [0.3, 0.4) is 0 Å². The summed E-state index contributed by atoms with van der Waals surface area (Å²) in [7, 11) is 0. The van der Waals surface area contributed by atoms with Crippen molar-refractivity contribution in [2.24, 2.45) is 0 Å². The zero-order valence-corrected chi connectivity index (χ0v) is 15.7. The molecule has 1 amide bonds. The molecule has 0 aromatic heterocycles. The van der Waals surface area contributed by atoms with E-state index >= 15 is 0 Å². The largest absolute Gasteiger partial charge is 0.452 e. The first-order valence-corrected chi connectivity index (χ1v) is 8.62. The Kier molecular flexibility index (Phi) is 6.90. The molecule has 0 heterocycles. The molecule has 0 saturated heterocycles. The van der Waals surface area contributed by atoms with Gasteiger partial charge in [0.25, 0.3) is 11.6 Å². The molecule has 142 valence electrons. The lowest BCUT2D eigenvalue weighted by molar-refractivity contribution is -0.384. The molecule has 0 radical (unpaired) electrons. The van der Waals surface area contributed by atoms with E-state index in [1.54, 1.807) is 4.90 Å². The summed E-state index contributed by atoms with van der Waals surface area (Å²) in [5.74, 6) is -1.26. The summed E-state index contributed by atoms with van der Waals surface area (Å²) in [5, 5.41) is 10.9. The number of nitro benzene ring substituents is 1. The maximum atomic E-state index is 12.5. The zero-order chi connectivity index (χ0) is 20.0. The first-order valence-electron chi connectivity index (χ1n) is 8.24. The highest BCUT2D eigenvalue weighted by atomic mass is 35.5. The molecule has 7 nitrogen and oxygen atoms in total. The summed E-state index contributed by atoms with van der Waals surface area (Å²) in [6, 6.07) is 12.8. The topological polar surface area (TPSA) is 89.8 Å². The number of non-ortho nitro benzene ring substituents is 1. The number of nitrogens with zero attached hydrogens (tertiary/aromatic N) is 2. The van der Waals surface area contributed by atoms with Gasteiger partial charge in [-0.3, -0.25) is 14.9 Å². The van der Waals surface area contributed by atoms with E-state index in [0.717, 1.165) is 11.6 Å². The Labute approximate surface area is 161 Å². The van der Waals surface area contributed by atoms with E-state index in [4.69, 9.17) is 16.3 Å². The normalized spacial score (nSPS) is 10.5. The Morgan fingerprint density at radius 1 is 1.19 bits per heavy atom. The fraction of sp³-hybridized carbons (Fsp3) is 0.263. The van der Waals surface area contributed by atoms with Gasteiger partial charge in [0.15, 0.2) is 6.61 Å². The molecule has 0 fully saturated rings. The first-order chi connectivity index (χ1) is 12.8. The number of amides is 1. The van der Waals surface area contributed by atoms with Crippen LogP contribution in [0.15, 0.2) is 48.5 Å². The van der Waals surface area contributed by atoms with Gasteiger partial charge in [0, 0.05) is 24.7 Å². The lowest BCUT2D eigenvalue weighted by Gasteiger charge is -2.26. The van der Waals surface area contributed by atoms with Crippen molar-refractivity contribution in [2.75, 3.05) is 6.61 Å². The summed E-state index contributed by atoms with van der Waals surface area (Å²) in [5.41, 5.74) is 0.510. The predicted molar refractivity (Wildman–Crippen MR) is 101 cm³/mol. The summed E-state index contributed by atoms with van der Waals surface area (Å²) < 4.78 is 5.04. The Morgan fingerprint density at radius 3 is 2.44 bits per heavy atom. The van der Waals surface area contributed by atoms with Crippen molar-refractivity contribution < 1.29 is 19.2 Å². The van der Waals surface area contributed by atoms with Crippen molar-refractivity contribution in [2.45, 2.75) is 26.4 Å².